The first-order chi connectivity index (χ1) is 14.3. The number of anilines is 1. The summed E-state index contributed by atoms with van der Waals surface area (Å²) in [5, 5.41) is 4.37. The van der Waals surface area contributed by atoms with E-state index >= 15 is 0 Å². The number of esters is 1. The molecule has 11 heteroatoms. The minimum atomic E-state index is -0.382. The Morgan fingerprint density at radius 2 is 2.00 bits per heavy atom. The topological polar surface area (TPSA) is 96.6 Å². The molecule has 3 heterocycles. The van der Waals surface area contributed by atoms with Gasteiger partial charge in [0, 0.05) is 31.9 Å². The lowest BCUT2D eigenvalue weighted by Gasteiger charge is -2.32. The molecular weight excluding hydrogens is 451 g/mol. The van der Waals surface area contributed by atoms with Crippen molar-refractivity contribution in [1.29, 1.82) is 0 Å². The lowest BCUT2D eigenvalue weighted by atomic mass is 10.1. The van der Waals surface area contributed by atoms with Gasteiger partial charge < -0.3 is 24.7 Å². The summed E-state index contributed by atoms with van der Waals surface area (Å²) in [5.74, 6) is -0.651. The molecule has 2 aromatic heterocycles. The molecule has 30 heavy (non-hydrogen) atoms. The minimum absolute atomic E-state index is 0.00938. The predicted molar refractivity (Wildman–Crippen MR) is 117 cm³/mol. The Morgan fingerprint density at radius 3 is 2.57 bits per heavy atom. The number of nitrogens with zero attached hydrogens (tertiary/aromatic N) is 2. The molecule has 2 N–H and O–H groups in total. The fourth-order valence-corrected chi connectivity index (χ4v) is 4.70. The molecule has 1 aliphatic heterocycles. The number of methoxy groups -OCH3 is 1. The number of hydrogen-bond donors (Lipinski definition) is 2. The summed E-state index contributed by atoms with van der Waals surface area (Å²) >= 11 is 13.5. The summed E-state index contributed by atoms with van der Waals surface area (Å²) in [4.78, 5) is 34.8. The second kappa shape index (κ2) is 10.00. The van der Waals surface area contributed by atoms with Gasteiger partial charge in [0.05, 0.1) is 29.0 Å². The maximum absolute atomic E-state index is 12.5. The molecule has 1 saturated heterocycles. The van der Waals surface area contributed by atoms with Gasteiger partial charge in [0.1, 0.15) is 10.6 Å². The van der Waals surface area contributed by atoms with Gasteiger partial charge in [-0.1, -0.05) is 34.5 Å². The fourth-order valence-electron chi connectivity index (χ4n) is 3.27. The summed E-state index contributed by atoms with van der Waals surface area (Å²) in [6, 6.07) is 0.00938. The highest BCUT2D eigenvalue weighted by Crippen LogP contribution is 2.31. The number of aryl methyl sites for hydroxylation is 1. The number of ether oxygens (including phenoxy) is 2. The van der Waals surface area contributed by atoms with Crippen molar-refractivity contribution in [1.82, 2.24) is 15.3 Å². The molecule has 1 fully saturated rings. The highest BCUT2D eigenvalue weighted by molar-refractivity contribution is 7.17. The van der Waals surface area contributed by atoms with Gasteiger partial charge in [-0.25, -0.2) is 9.78 Å². The molecule has 0 aromatic carbocycles. The standard InChI is InChI=1S/C19H24Cl2N4O4S/c1-4-29-18(27)16-12(9-28-3)24-19(30-16)25-7-5-11(6-8-25)23-17(26)15-14(21)13(20)10(2)22-15/h11,22H,4-9H2,1-3H3,(H,23,26). The maximum atomic E-state index is 12.5. The number of hydrogen-bond acceptors (Lipinski definition) is 7. The zero-order valence-corrected chi connectivity index (χ0v) is 19.3. The van der Waals surface area contributed by atoms with Gasteiger partial charge in [-0.3, -0.25) is 4.79 Å². The summed E-state index contributed by atoms with van der Waals surface area (Å²) in [7, 11) is 1.56. The number of aromatic nitrogens is 2. The molecule has 0 saturated carbocycles. The Labute approximate surface area is 188 Å². The number of halogens is 2. The molecule has 0 bridgehead atoms. The van der Waals surface area contributed by atoms with Crippen molar-refractivity contribution in [3.05, 3.63) is 32.0 Å². The fraction of sp³-hybridized carbons (Fsp3) is 0.526. The molecule has 0 aliphatic carbocycles. The van der Waals surface area contributed by atoms with E-state index in [2.05, 4.69) is 20.2 Å². The number of piperidine rings is 1. The van der Waals surface area contributed by atoms with Crippen molar-refractivity contribution in [3.8, 4) is 0 Å². The van der Waals surface area contributed by atoms with E-state index in [4.69, 9.17) is 32.7 Å². The Morgan fingerprint density at radius 1 is 1.30 bits per heavy atom. The molecule has 164 valence electrons. The summed E-state index contributed by atoms with van der Waals surface area (Å²) < 4.78 is 10.3. The van der Waals surface area contributed by atoms with Crippen LogP contribution in [0.5, 0.6) is 0 Å². The minimum Gasteiger partial charge on any atom is -0.462 e. The Kier molecular flexibility index (Phi) is 7.62. The number of nitrogens with one attached hydrogen (secondary N) is 2. The number of rotatable bonds is 7. The number of carbonyl (C=O) groups is 2. The van der Waals surface area contributed by atoms with Gasteiger partial charge in [-0.2, -0.15) is 0 Å². The van der Waals surface area contributed by atoms with Crippen LogP contribution >= 0.6 is 34.5 Å². The molecule has 0 atom stereocenters. The zero-order chi connectivity index (χ0) is 21.8. The van der Waals surface area contributed by atoms with Gasteiger partial charge in [-0.15, -0.1) is 0 Å². The van der Waals surface area contributed by atoms with Crippen molar-refractivity contribution >= 4 is 51.5 Å². The van der Waals surface area contributed by atoms with E-state index in [-0.39, 0.29) is 35.2 Å². The van der Waals surface area contributed by atoms with Crippen molar-refractivity contribution < 1.29 is 19.1 Å². The number of H-pyrrole nitrogens is 1. The van der Waals surface area contributed by atoms with Crippen LogP contribution in [0.2, 0.25) is 10.0 Å². The molecule has 1 aliphatic rings. The third-order valence-corrected chi connectivity index (χ3v) is 6.90. The lowest BCUT2D eigenvalue weighted by Crippen LogP contribution is -2.44. The van der Waals surface area contributed by atoms with E-state index in [9.17, 15) is 9.59 Å². The monoisotopic (exact) mass is 474 g/mol. The summed E-state index contributed by atoms with van der Waals surface area (Å²) in [6.45, 7) is 5.48. The van der Waals surface area contributed by atoms with Gasteiger partial charge in [-0.05, 0) is 26.7 Å². The third kappa shape index (κ3) is 4.91. The Balaban J connectivity index is 1.62. The first kappa shape index (κ1) is 22.9. The lowest BCUT2D eigenvalue weighted by molar-refractivity contribution is 0.0527. The summed E-state index contributed by atoms with van der Waals surface area (Å²) in [6.07, 6.45) is 1.48. The van der Waals surface area contributed by atoms with E-state index < -0.39 is 0 Å². The van der Waals surface area contributed by atoms with Crippen LogP contribution in [0.25, 0.3) is 0 Å². The van der Waals surface area contributed by atoms with Gasteiger partial charge in [0.25, 0.3) is 5.91 Å². The normalized spacial score (nSPS) is 14.8. The molecule has 2 aromatic rings. The maximum Gasteiger partial charge on any atom is 0.350 e. The van der Waals surface area contributed by atoms with Crippen molar-refractivity contribution in [2.24, 2.45) is 0 Å². The van der Waals surface area contributed by atoms with E-state index in [1.165, 1.54) is 11.3 Å². The first-order valence-corrected chi connectivity index (χ1v) is 11.2. The number of aromatic amines is 1. The van der Waals surface area contributed by atoms with Gasteiger partial charge in [0.15, 0.2) is 5.13 Å². The van der Waals surface area contributed by atoms with Crippen LogP contribution in [-0.2, 0) is 16.1 Å². The quantitative estimate of drug-likeness (QED) is 0.592. The third-order valence-electron chi connectivity index (χ3n) is 4.81. The average Bonchev–Trinajstić information content (AvgIpc) is 3.26. The summed E-state index contributed by atoms with van der Waals surface area (Å²) in [5.41, 5.74) is 1.53. The van der Waals surface area contributed by atoms with Crippen LogP contribution in [-0.4, -0.2) is 54.7 Å². The van der Waals surface area contributed by atoms with E-state index in [0.29, 0.717) is 41.0 Å². The second-order valence-electron chi connectivity index (χ2n) is 6.91. The van der Waals surface area contributed by atoms with Gasteiger partial charge >= 0.3 is 5.97 Å². The number of carbonyl (C=O) groups excluding carboxylic acids is 2. The average molecular weight is 475 g/mol. The van der Waals surface area contributed by atoms with Gasteiger partial charge in [0.2, 0.25) is 0 Å². The van der Waals surface area contributed by atoms with Crippen LogP contribution in [0.15, 0.2) is 0 Å². The smallest absolute Gasteiger partial charge is 0.350 e. The van der Waals surface area contributed by atoms with Crippen LogP contribution in [0.3, 0.4) is 0 Å². The van der Waals surface area contributed by atoms with Crippen molar-refractivity contribution in [2.75, 3.05) is 31.7 Å². The largest absolute Gasteiger partial charge is 0.462 e. The van der Waals surface area contributed by atoms with E-state index in [1.54, 1.807) is 21.0 Å². The van der Waals surface area contributed by atoms with E-state index in [1.807, 2.05) is 0 Å². The molecular formula is C19H24Cl2N4O4S. The van der Waals surface area contributed by atoms with Crippen molar-refractivity contribution in [2.45, 2.75) is 39.3 Å². The molecule has 0 spiro atoms. The predicted octanol–water partition coefficient (Wildman–Crippen LogP) is 3.81. The Bertz CT molecular complexity index is 922. The molecule has 8 nitrogen and oxygen atoms in total. The van der Waals surface area contributed by atoms with Crippen LogP contribution < -0.4 is 10.2 Å². The van der Waals surface area contributed by atoms with E-state index in [0.717, 1.165) is 18.0 Å². The highest BCUT2D eigenvalue weighted by Gasteiger charge is 2.27. The van der Waals surface area contributed by atoms with Crippen LogP contribution in [0.4, 0.5) is 5.13 Å². The van der Waals surface area contributed by atoms with Crippen LogP contribution in [0.1, 0.15) is 51.3 Å². The molecule has 1 amide bonds. The Hall–Kier alpha value is -1.81. The number of amides is 1. The van der Waals surface area contributed by atoms with Crippen LogP contribution in [0, 0.1) is 6.92 Å². The highest BCUT2D eigenvalue weighted by atomic mass is 35.5. The van der Waals surface area contributed by atoms with Crippen molar-refractivity contribution in [3.63, 3.8) is 0 Å². The molecule has 3 rings (SSSR count). The SMILES string of the molecule is CCOC(=O)c1sc(N2CCC(NC(=O)c3[nH]c(C)c(Cl)c3Cl)CC2)nc1COC. The molecule has 0 radical (unpaired) electrons. The number of thiazole rings is 1. The molecule has 0 unspecified atom stereocenters. The second-order valence-corrected chi connectivity index (χ2v) is 8.65. The zero-order valence-electron chi connectivity index (χ0n) is 17.0. The first-order valence-electron chi connectivity index (χ1n) is 9.60.